The van der Waals surface area contributed by atoms with E-state index in [1.54, 1.807) is 0 Å². The van der Waals surface area contributed by atoms with Crippen LogP contribution in [0.25, 0.3) is 0 Å². The van der Waals surface area contributed by atoms with Crippen LogP contribution in [-0.2, 0) is 32.6 Å². The summed E-state index contributed by atoms with van der Waals surface area (Å²) in [5.41, 5.74) is 1.64. The van der Waals surface area contributed by atoms with Gasteiger partial charge in [0.25, 0.3) is 0 Å². The number of amides is 1. The van der Waals surface area contributed by atoms with E-state index in [1.165, 1.54) is 32.4 Å². The number of rotatable bonds is 10. The van der Waals surface area contributed by atoms with Crippen LogP contribution in [-0.4, -0.2) is 56.0 Å². The molecule has 0 fully saturated rings. The van der Waals surface area contributed by atoms with Crippen molar-refractivity contribution in [3.8, 4) is 11.5 Å². The predicted octanol–water partition coefficient (Wildman–Crippen LogP) is 2.58. The van der Waals surface area contributed by atoms with Gasteiger partial charge in [0.1, 0.15) is 12.1 Å². The molecule has 0 radical (unpaired) electrons. The highest BCUT2D eigenvalue weighted by Crippen LogP contribution is 2.34. The number of sulfonamides is 1. The first kappa shape index (κ1) is 25.5. The van der Waals surface area contributed by atoms with Gasteiger partial charge >= 0.3 is 5.97 Å². The van der Waals surface area contributed by atoms with Gasteiger partial charge in [-0.25, -0.2) is 13.2 Å². The van der Waals surface area contributed by atoms with E-state index in [1.807, 2.05) is 31.2 Å². The number of unbranched alkanes of at least 4 members (excludes halogenated alkanes) is 1. The fourth-order valence-electron chi connectivity index (χ4n) is 4.02. The third-order valence-corrected chi connectivity index (χ3v) is 7.78. The Bertz CT molecular complexity index is 1150. The maximum Gasteiger partial charge on any atom is 0.326 e. The molecule has 9 nitrogen and oxygen atoms in total. The Morgan fingerprint density at radius 1 is 1.12 bits per heavy atom. The Balaban J connectivity index is 2.00. The van der Waals surface area contributed by atoms with Gasteiger partial charge in [-0.1, -0.05) is 44.0 Å². The summed E-state index contributed by atoms with van der Waals surface area (Å²) < 4.78 is 39.0. The van der Waals surface area contributed by atoms with E-state index in [2.05, 4.69) is 5.32 Å². The predicted molar refractivity (Wildman–Crippen MR) is 125 cm³/mol. The summed E-state index contributed by atoms with van der Waals surface area (Å²) >= 11 is 0. The number of hydrogen-bond donors (Lipinski definition) is 2. The quantitative estimate of drug-likeness (QED) is 0.525. The molecule has 0 aliphatic carbocycles. The highest BCUT2D eigenvalue weighted by atomic mass is 32.2. The van der Waals surface area contributed by atoms with Crippen molar-refractivity contribution in [1.29, 1.82) is 0 Å². The van der Waals surface area contributed by atoms with E-state index < -0.39 is 34.0 Å². The minimum absolute atomic E-state index is 0.0162. The second-order valence-corrected chi connectivity index (χ2v) is 9.99. The lowest BCUT2D eigenvalue weighted by molar-refractivity contribution is -0.142. The molecule has 0 saturated carbocycles. The lowest BCUT2D eigenvalue weighted by Crippen LogP contribution is -2.55. The Labute approximate surface area is 199 Å². The summed E-state index contributed by atoms with van der Waals surface area (Å²) in [6, 6.07) is 9.36. The molecule has 2 atom stereocenters. The van der Waals surface area contributed by atoms with E-state index in [0.29, 0.717) is 12.2 Å². The van der Waals surface area contributed by atoms with Gasteiger partial charge in [0.2, 0.25) is 15.9 Å². The fourth-order valence-corrected chi connectivity index (χ4v) is 5.60. The Morgan fingerprint density at radius 3 is 2.41 bits per heavy atom. The average Bonchev–Trinajstić information content (AvgIpc) is 2.84. The Kier molecular flexibility index (Phi) is 8.16. The van der Waals surface area contributed by atoms with E-state index in [4.69, 9.17) is 9.47 Å². The van der Waals surface area contributed by atoms with Crippen LogP contribution in [0.1, 0.15) is 37.3 Å². The molecule has 1 heterocycles. The third-order valence-electron chi connectivity index (χ3n) is 5.93. The van der Waals surface area contributed by atoms with Gasteiger partial charge in [-0.15, -0.1) is 0 Å². The number of benzene rings is 2. The third kappa shape index (κ3) is 5.34. The van der Waals surface area contributed by atoms with Crippen LogP contribution in [0, 0.1) is 0 Å². The van der Waals surface area contributed by atoms with Crippen molar-refractivity contribution in [2.45, 2.75) is 56.1 Å². The van der Waals surface area contributed by atoms with Gasteiger partial charge in [-0.05, 0) is 36.1 Å². The van der Waals surface area contributed by atoms with Crippen molar-refractivity contribution < 1.29 is 32.6 Å². The lowest BCUT2D eigenvalue weighted by atomic mass is 9.95. The lowest BCUT2D eigenvalue weighted by Gasteiger charge is -2.35. The number of fused-ring (bicyclic) bond motifs is 1. The zero-order valence-corrected chi connectivity index (χ0v) is 20.3. The summed E-state index contributed by atoms with van der Waals surface area (Å²) in [5.74, 6) is -1.16. The monoisotopic (exact) mass is 490 g/mol. The smallest absolute Gasteiger partial charge is 0.326 e. The molecule has 0 bridgehead atoms. The first-order valence-corrected chi connectivity index (χ1v) is 12.5. The number of nitrogens with one attached hydrogen (secondary N) is 1. The summed E-state index contributed by atoms with van der Waals surface area (Å²) in [6.45, 7) is 1.91. The number of aliphatic carboxylic acids is 1. The first-order chi connectivity index (χ1) is 16.2. The topological polar surface area (TPSA) is 122 Å². The number of carbonyl (C=O) groups excluding carboxylic acids is 1. The molecule has 1 aliphatic rings. The molecule has 2 aromatic rings. The van der Waals surface area contributed by atoms with Gasteiger partial charge in [0, 0.05) is 12.6 Å². The minimum atomic E-state index is -4.14. The van der Waals surface area contributed by atoms with E-state index in [0.717, 1.165) is 21.9 Å². The van der Waals surface area contributed by atoms with Crippen molar-refractivity contribution in [2.24, 2.45) is 0 Å². The standard InChI is InChI=1S/C24H30N2O7S/c1-4-5-10-19(24(28)29)25-23(27)20-13-16-8-6-7-9-17(16)15-26(20)34(30,31)18-11-12-21(32-2)22(14-18)33-3/h6-9,11-12,14,19-20H,4-5,10,13,15H2,1-3H3,(H,25,27)(H,28,29)/t19?,20-/m0/s1. The molecule has 0 saturated heterocycles. The summed E-state index contributed by atoms with van der Waals surface area (Å²) in [5, 5.41) is 12.1. The maximum atomic E-state index is 13.7. The minimum Gasteiger partial charge on any atom is -0.493 e. The molecule has 34 heavy (non-hydrogen) atoms. The average molecular weight is 491 g/mol. The maximum absolute atomic E-state index is 13.7. The van der Waals surface area contributed by atoms with Crippen molar-refractivity contribution in [3.63, 3.8) is 0 Å². The van der Waals surface area contributed by atoms with Crippen LogP contribution in [0.3, 0.4) is 0 Å². The first-order valence-electron chi connectivity index (χ1n) is 11.1. The number of methoxy groups -OCH3 is 2. The molecule has 2 N–H and O–H groups in total. The number of carbonyl (C=O) groups is 2. The number of carboxylic acids is 1. The highest BCUT2D eigenvalue weighted by Gasteiger charge is 2.40. The van der Waals surface area contributed by atoms with Gasteiger partial charge < -0.3 is 19.9 Å². The summed E-state index contributed by atoms with van der Waals surface area (Å²) in [6.07, 6.45) is 1.80. The second kappa shape index (κ2) is 10.9. The molecule has 184 valence electrons. The highest BCUT2D eigenvalue weighted by molar-refractivity contribution is 7.89. The van der Waals surface area contributed by atoms with Gasteiger partial charge in [0.05, 0.1) is 19.1 Å². The number of carboxylic acid groups (broad SMARTS) is 1. The number of ether oxygens (including phenoxy) is 2. The molecule has 2 aromatic carbocycles. The molecule has 10 heteroatoms. The van der Waals surface area contributed by atoms with Gasteiger partial charge in [-0.3, -0.25) is 4.79 Å². The Hall–Kier alpha value is -3.11. The van der Waals surface area contributed by atoms with Crippen molar-refractivity contribution in [1.82, 2.24) is 9.62 Å². The van der Waals surface area contributed by atoms with E-state index in [-0.39, 0.29) is 30.0 Å². The zero-order chi connectivity index (χ0) is 24.9. The molecular formula is C24H30N2O7S. The van der Waals surface area contributed by atoms with Crippen LogP contribution in [0.5, 0.6) is 11.5 Å². The van der Waals surface area contributed by atoms with Crippen LogP contribution in [0.2, 0.25) is 0 Å². The normalized spacial score (nSPS) is 16.9. The van der Waals surface area contributed by atoms with Crippen molar-refractivity contribution >= 4 is 21.9 Å². The van der Waals surface area contributed by atoms with Crippen molar-refractivity contribution in [2.75, 3.05) is 14.2 Å². The zero-order valence-electron chi connectivity index (χ0n) is 19.5. The van der Waals surface area contributed by atoms with Gasteiger partial charge in [0.15, 0.2) is 11.5 Å². The molecule has 1 aliphatic heterocycles. The summed E-state index contributed by atoms with van der Waals surface area (Å²) in [7, 11) is -1.28. The molecule has 0 aromatic heterocycles. The van der Waals surface area contributed by atoms with Crippen LogP contribution < -0.4 is 14.8 Å². The SMILES string of the molecule is CCCCC(NC(=O)[C@@H]1Cc2ccccc2CN1S(=O)(=O)c1ccc(OC)c(OC)c1)C(=O)O. The number of hydrogen-bond acceptors (Lipinski definition) is 6. The van der Waals surface area contributed by atoms with E-state index >= 15 is 0 Å². The van der Waals surface area contributed by atoms with Crippen molar-refractivity contribution in [3.05, 3.63) is 53.6 Å². The molecule has 1 unspecified atom stereocenters. The second-order valence-electron chi connectivity index (χ2n) is 8.10. The Morgan fingerprint density at radius 2 is 1.79 bits per heavy atom. The van der Waals surface area contributed by atoms with Gasteiger partial charge in [-0.2, -0.15) is 4.31 Å². The number of nitrogens with zero attached hydrogens (tertiary/aromatic N) is 1. The van der Waals surface area contributed by atoms with Crippen LogP contribution in [0.4, 0.5) is 0 Å². The largest absolute Gasteiger partial charge is 0.493 e. The molecule has 3 rings (SSSR count). The molecule has 0 spiro atoms. The molecular weight excluding hydrogens is 460 g/mol. The molecule has 1 amide bonds. The fraction of sp³-hybridized carbons (Fsp3) is 0.417. The van der Waals surface area contributed by atoms with E-state index in [9.17, 15) is 23.1 Å². The van der Waals surface area contributed by atoms with Crippen LogP contribution in [0.15, 0.2) is 47.4 Å². The van der Waals surface area contributed by atoms with Crippen LogP contribution >= 0.6 is 0 Å². The summed E-state index contributed by atoms with van der Waals surface area (Å²) in [4.78, 5) is 24.9.